The Hall–Kier alpha value is -0.420. The van der Waals surface area contributed by atoms with E-state index in [4.69, 9.17) is 28.0 Å². The summed E-state index contributed by atoms with van der Waals surface area (Å²) in [5, 5.41) is 1.23. The second kappa shape index (κ2) is 7.82. The number of halogens is 2. The normalized spacial score (nSPS) is 10.3. The number of rotatable bonds is 6. The number of carbonyl (C=O) groups excluding carboxylic acids is 1. The molecule has 0 unspecified atom stereocenters. The maximum Gasteiger partial charge on any atom is 0.253 e. The van der Waals surface area contributed by atoms with E-state index >= 15 is 0 Å². The van der Waals surface area contributed by atoms with Crippen LogP contribution < -0.4 is 5.48 Å². The third kappa shape index (κ3) is 5.64. The van der Waals surface area contributed by atoms with Gasteiger partial charge in [0.25, 0.3) is 5.91 Å². The summed E-state index contributed by atoms with van der Waals surface area (Å²) < 4.78 is 0. The SMILES string of the molecule is CCONC(=O)CSCc1ccc(Cl)cc1Cl. The second-order valence-corrected chi connectivity index (χ2v) is 5.02. The van der Waals surface area contributed by atoms with Gasteiger partial charge in [0.1, 0.15) is 0 Å². The smallest absolute Gasteiger partial charge is 0.253 e. The minimum Gasteiger partial charge on any atom is -0.274 e. The molecule has 94 valence electrons. The van der Waals surface area contributed by atoms with Gasteiger partial charge < -0.3 is 0 Å². The monoisotopic (exact) mass is 293 g/mol. The van der Waals surface area contributed by atoms with Crippen LogP contribution in [0.4, 0.5) is 0 Å². The lowest BCUT2D eigenvalue weighted by Gasteiger charge is -2.05. The van der Waals surface area contributed by atoms with Crippen molar-refractivity contribution in [3.63, 3.8) is 0 Å². The summed E-state index contributed by atoms with van der Waals surface area (Å²) in [7, 11) is 0. The highest BCUT2D eigenvalue weighted by atomic mass is 35.5. The first kappa shape index (κ1) is 14.6. The molecule has 0 spiro atoms. The van der Waals surface area contributed by atoms with Crippen LogP contribution in [-0.2, 0) is 15.4 Å². The maximum atomic E-state index is 11.2. The van der Waals surface area contributed by atoms with Gasteiger partial charge in [-0.15, -0.1) is 11.8 Å². The number of amides is 1. The van der Waals surface area contributed by atoms with Crippen molar-refractivity contribution in [1.82, 2.24) is 5.48 Å². The molecule has 1 amide bonds. The molecule has 1 aromatic carbocycles. The quantitative estimate of drug-likeness (QED) is 0.818. The Morgan fingerprint density at radius 3 is 2.88 bits per heavy atom. The van der Waals surface area contributed by atoms with Crippen molar-refractivity contribution < 1.29 is 9.63 Å². The van der Waals surface area contributed by atoms with E-state index in [1.165, 1.54) is 11.8 Å². The fourth-order valence-electron chi connectivity index (χ4n) is 1.07. The molecule has 0 aliphatic carbocycles. The molecule has 1 rings (SSSR count). The molecule has 1 aromatic rings. The number of benzene rings is 1. The van der Waals surface area contributed by atoms with E-state index in [-0.39, 0.29) is 5.91 Å². The van der Waals surface area contributed by atoms with Gasteiger partial charge in [-0.1, -0.05) is 29.3 Å². The van der Waals surface area contributed by atoms with Crippen molar-refractivity contribution >= 4 is 40.9 Å². The highest BCUT2D eigenvalue weighted by Crippen LogP contribution is 2.24. The number of nitrogens with one attached hydrogen (secondary N) is 1. The van der Waals surface area contributed by atoms with Crippen molar-refractivity contribution in [2.24, 2.45) is 0 Å². The van der Waals surface area contributed by atoms with E-state index in [0.717, 1.165) is 5.56 Å². The van der Waals surface area contributed by atoms with Crippen molar-refractivity contribution in [1.29, 1.82) is 0 Å². The molecule has 0 saturated carbocycles. The summed E-state index contributed by atoms with van der Waals surface area (Å²) >= 11 is 13.3. The number of thioether (sulfide) groups is 1. The number of carbonyl (C=O) groups is 1. The van der Waals surface area contributed by atoms with E-state index in [1.807, 2.05) is 6.07 Å². The van der Waals surface area contributed by atoms with Crippen LogP contribution in [0.1, 0.15) is 12.5 Å². The Bertz CT molecular complexity index is 388. The largest absolute Gasteiger partial charge is 0.274 e. The van der Waals surface area contributed by atoms with Crippen molar-refractivity contribution in [3.05, 3.63) is 33.8 Å². The Morgan fingerprint density at radius 2 is 2.24 bits per heavy atom. The van der Waals surface area contributed by atoms with Crippen LogP contribution in [-0.4, -0.2) is 18.3 Å². The topological polar surface area (TPSA) is 38.3 Å². The first-order valence-corrected chi connectivity index (χ1v) is 6.97. The summed E-state index contributed by atoms with van der Waals surface area (Å²) in [6.07, 6.45) is 0. The van der Waals surface area contributed by atoms with Gasteiger partial charge in [0.15, 0.2) is 0 Å². The molecular weight excluding hydrogens is 281 g/mol. The number of hydrogen-bond donors (Lipinski definition) is 1. The van der Waals surface area contributed by atoms with E-state index in [2.05, 4.69) is 5.48 Å². The average Bonchev–Trinajstić information content (AvgIpc) is 2.29. The molecule has 0 heterocycles. The summed E-state index contributed by atoms with van der Waals surface area (Å²) in [6, 6.07) is 5.33. The molecule has 0 aliphatic rings. The van der Waals surface area contributed by atoms with Gasteiger partial charge in [0, 0.05) is 15.8 Å². The van der Waals surface area contributed by atoms with E-state index in [9.17, 15) is 4.79 Å². The van der Waals surface area contributed by atoms with E-state index in [0.29, 0.717) is 28.2 Å². The molecule has 0 atom stereocenters. The van der Waals surface area contributed by atoms with Crippen LogP contribution in [0.3, 0.4) is 0 Å². The molecule has 0 fully saturated rings. The van der Waals surface area contributed by atoms with Crippen LogP contribution in [0.2, 0.25) is 10.0 Å². The molecular formula is C11H13Cl2NO2S. The van der Waals surface area contributed by atoms with Crippen LogP contribution in [0.5, 0.6) is 0 Å². The molecule has 0 radical (unpaired) electrons. The zero-order chi connectivity index (χ0) is 12.7. The lowest BCUT2D eigenvalue weighted by molar-refractivity contribution is -0.130. The van der Waals surface area contributed by atoms with Crippen molar-refractivity contribution in [2.75, 3.05) is 12.4 Å². The standard InChI is InChI=1S/C11H13Cl2NO2S/c1-2-16-14-11(15)7-17-6-8-3-4-9(12)5-10(8)13/h3-5H,2,6-7H2,1H3,(H,14,15). The average molecular weight is 294 g/mol. The van der Waals surface area contributed by atoms with Crippen LogP contribution in [0, 0.1) is 0 Å². The third-order valence-corrected chi connectivity index (χ3v) is 3.40. The van der Waals surface area contributed by atoms with Gasteiger partial charge in [-0.05, 0) is 24.6 Å². The predicted molar refractivity (Wildman–Crippen MR) is 72.4 cm³/mol. The maximum absolute atomic E-state index is 11.2. The molecule has 1 N–H and O–H groups in total. The zero-order valence-electron chi connectivity index (χ0n) is 9.33. The number of hydrogen-bond acceptors (Lipinski definition) is 3. The molecule has 0 aromatic heterocycles. The molecule has 0 bridgehead atoms. The molecule has 3 nitrogen and oxygen atoms in total. The van der Waals surface area contributed by atoms with E-state index < -0.39 is 0 Å². The predicted octanol–water partition coefficient (Wildman–Crippen LogP) is 3.29. The first-order chi connectivity index (χ1) is 8.13. The van der Waals surface area contributed by atoms with Gasteiger partial charge in [-0.25, -0.2) is 5.48 Å². The van der Waals surface area contributed by atoms with Gasteiger partial charge >= 0.3 is 0 Å². The highest BCUT2D eigenvalue weighted by Gasteiger charge is 2.04. The third-order valence-electron chi connectivity index (χ3n) is 1.84. The Labute approximate surface area is 115 Å². The van der Waals surface area contributed by atoms with Gasteiger partial charge in [-0.2, -0.15) is 0 Å². The fraction of sp³-hybridized carbons (Fsp3) is 0.364. The van der Waals surface area contributed by atoms with Gasteiger partial charge in [0.05, 0.1) is 12.4 Å². The Kier molecular flexibility index (Phi) is 6.73. The highest BCUT2D eigenvalue weighted by molar-refractivity contribution is 7.99. The van der Waals surface area contributed by atoms with Gasteiger partial charge in [0.2, 0.25) is 0 Å². The summed E-state index contributed by atoms with van der Waals surface area (Å²) in [4.78, 5) is 16.0. The zero-order valence-corrected chi connectivity index (χ0v) is 11.7. The van der Waals surface area contributed by atoms with Crippen LogP contribution in [0.15, 0.2) is 18.2 Å². The summed E-state index contributed by atoms with van der Waals surface area (Å²) in [6.45, 7) is 2.26. The molecule has 6 heteroatoms. The van der Waals surface area contributed by atoms with Crippen molar-refractivity contribution in [3.8, 4) is 0 Å². The lowest BCUT2D eigenvalue weighted by Crippen LogP contribution is -2.25. The molecule has 0 saturated heterocycles. The first-order valence-electron chi connectivity index (χ1n) is 5.05. The molecule has 17 heavy (non-hydrogen) atoms. The van der Waals surface area contributed by atoms with Crippen LogP contribution in [0.25, 0.3) is 0 Å². The Morgan fingerprint density at radius 1 is 1.47 bits per heavy atom. The number of hydroxylamine groups is 1. The van der Waals surface area contributed by atoms with Crippen molar-refractivity contribution in [2.45, 2.75) is 12.7 Å². The Balaban J connectivity index is 2.33. The van der Waals surface area contributed by atoms with Crippen LogP contribution >= 0.6 is 35.0 Å². The van der Waals surface area contributed by atoms with E-state index in [1.54, 1.807) is 19.1 Å². The minimum atomic E-state index is -0.151. The summed E-state index contributed by atoms with van der Waals surface area (Å²) in [5.74, 6) is 0.844. The second-order valence-electron chi connectivity index (χ2n) is 3.19. The minimum absolute atomic E-state index is 0.151. The summed E-state index contributed by atoms with van der Waals surface area (Å²) in [5.41, 5.74) is 3.29. The fourth-order valence-corrected chi connectivity index (χ4v) is 2.45. The lowest BCUT2D eigenvalue weighted by atomic mass is 10.2. The van der Waals surface area contributed by atoms with Gasteiger partial charge in [-0.3, -0.25) is 9.63 Å². The molecule has 0 aliphatic heterocycles.